The van der Waals surface area contributed by atoms with E-state index >= 15 is 0 Å². The summed E-state index contributed by atoms with van der Waals surface area (Å²) in [6, 6.07) is 28.6. The monoisotopic (exact) mass is 313 g/mol. The molecule has 0 saturated heterocycles. The Hall–Kier alpha value is -3.31. The first-order valence-electron chi connectivity index (χ1n) is 7.87. The van der Waals surface area contributed by atoms with Crippen LogP contribution in [0.3, 0.4) is 0 Å². The summed E-state index contributed by atoms with van der Waals surface area (Å²) in [7, 11) is 0. The number of hydrazine groups is 3. The molecule has 2 aliphatic rings. The van der Waals surface area contributed by atoms with Gasteiger partial charge in [0.1, 0.15) is 0 Å². The molecule has 0 aromatic heterocycles. The Bertz CT molecular complexity index is 907. The van der Waals surface area contributed by atoms with E-state index in [0.717, 1.165) is 28.5 Å². The maximum absolute atomic E-state index is 4.85. The molecule has 5 heteroatoms. The minimum Gasteiger partial charge on any atom is -0.278 e. The highest BCUT2D eigenvalue weighted by molar-refractivity contribution is 6.13. The zero-order valence-corrected chi connectivity index (χ0v) is 12.9. The van der Waals surface area contributed by atoms with Crippen LogP contribution in [0.1, 0.15) is 5.56 Å². The maximum Gasteiger partial charge on any atom is 0.180 e. The fraction of sp³-hybridized carbons (Fsp3) is 0. The molecule has 1 N–H and O–H groups in total. The lowest BCUT2D eigenvalue weighted by atomic mass is 10.2. The normalized spacial score (nSPS) is 15.8. The van der Waals surface area contributed by atoms with E-state index in [0.29, 0.717) is 0 Å². The average molecular weight is 313 g/mol. The molecule has 0 saturated carbocycles. The molecule has 0 bridgehead atoms. The molecule has 0 radical (unpaired) electrons. The lowest BCUT2D eigenvalue weighted by Crippen LogP contribution is -2.47. The summed E-state index contributed by atoms with van der Waals surface area (Å²) in [5.74, 6) is 0.886. The molecular weight excluding hydrogens is 298 g/mol. The van der Waals surface area contributed by atoms with Gasteiger partial charge in [-0.3, -0.25) is 5.43 Å². The van der Waals surface area contributed by atoms with Crippen LogP contribution in [0.5, 0.6) is 0 Å². The van der Waals surface area contributed by atoms with Crippen LogP contribution in [0.4, 0.5) is 17.1 Å². The van der Waals surface area contributed by atoms with Crippen molar-refractivity contribution in [1.82, 2.24) is 5.23 Å². The van der Waals surface area contributed by atoms with Crippen LogP contribution >= 0.6 is 0 Å². The second-order valence-electron chi connectivity index (χ2n) is 5.64. The summed E-state index contributed by atoms with van der Waals surface area (Å²) in [4.78, 5) is 0. The number of para-hydroxylation sites is 3. The molecule has 3 aromatic rings. The zero-order chi connectivity index (χ0) is 15.9. The third-order valence-electron chi connectivity index (χ3n) is 4.13. The lowest BCUT2D eigenvalue weighted by Gasteiger charge is -2.27. The van der Waals surface area contributed by atoms with Gasteiger partial charge in [0.2, 0.25) is 0 Å². The molecule has 2 heterocycles. The van der Waals surface area contributed by atoms with Gasteiger partial charge in [-0.15, -0.1) is 5.10 Å². The molecular formula is C19H15N5. The van der Waals surface area contributed by atoms with Gasteiger partial charge in [0.25, 0.3) is 0 Å². The number of nitrogens with one attached hydrogen (secondary N) is 1. The highest BCUT2D eigenvalue weighted by atomic mass is 16.1. The van der Waals surface area contributed by atoms with Crippen molar-refractivity contribution >= 4 is 22.9 Å². The van der Waals surface area contributed by atoms with Crippen molar-refractivity contribution in [3.63, 3.8) is 0 Å². The molecule has 0 atom stereocenters. The van der Waals surface area contributed by atoms with E-state index in [9.17, 15) is 0 Å². The van der Waals surface area contributed by atoms with Crippen molar-refractivity contribution in [3.8, 4) is 0 Å². The first-order valence-corrected chi connectivity index (χ1v) is 7.87. The molecule has 0 unspecified atom stereocenters. The van der Waals surface area contributed by atoms with Crippen LogP contribution < -0.4 is 15.6 Å². The Labute approximate surface area is 140 Å². The molecule has 5 nitrogen and oxygen atoms in total. The van der Waals surface area contributed by atoms with Gasteiger partial charge < -0.3 is 0 Å². The third-order valence-corrected chi connectivity index (χ3v) is 4.13. The molecule has 116 valence electrons. The van der Waals surface area contributed by atoms with Crippen molar-refractivity contribution in [2.75, 3.05) is 15.6 Å². The van der Waals surface area contributed by atoms with Crippen LogP contribution in [-0.2, 0) is 0 Å². The smallest absolute Gasteiger partial charge is 0.180 e. The van der Waals surface area contributed by atoms with Crippen LogP contribution in [0, 0.1) is 0 Å². The second-order valence-corrected chi connectivity index (χ2v) is 5.64. The SMILES string of the molecule is c1ccc(C2=NN(c3ccccc3)N3Nc4ccccc4N23)cc1. The molecule has 0 amide bonds. The molecule has 0 spiro atoms. The Morgan fingerprint density at radius 1 is 0.708 bits per heavy atom. The van der Waals surface area contributed by atoms with Crippen molar-refractivity contribution in [2.45, 2.75) is 0 Å². The number of amidine groups is 1. The molecule has 5 rings (SSSR count). The number of hydrogen-bond acceptors (Lipinski definition) is 5. The maximum atomic E-state index is 4.85. The fourth-order valence-corrected chi connectivity index (χ4v) is 3.02. The first kappa shape index (κ1) is 13.2. The van der Waals surface area contributed by atoms with Crippen molar-refractivity contribution in [2.24, 2.45) is 5.10 Å². The minimum absolute atomic E-state index is 0.886. The Kier molecular flexibility index (Phi) is 2.80. The molecule has 24 heavy (non-hydrogen) atoms. The highest BCUT2D eigenvalue weighted by Gasteiger charge is 2.41. The van der Waals surface area contributed by atoms with Crippen LogP contribution in [0.25, 0.3) is 0 Å². The average Bonchev–Trinajstić information content (AvgIpc) is 3.20. The standard InChI is InChI=1S/C19H15N5/c1-3-9-15(10-4-1)19-21-23(16-11-5-2-6-12-16)24-20-17-13-7-8-14-18(17)22(19)24/h1-14,20H. The highest BCUT2D eigenvalue weighted by Crippen LogP contribution is 2.39. The van der Waals surface area contributed by atoms with Crippen LogP contribution in [0.15, 0.2) is 90.0 Å². The summed E-state index contributed by atoms with van der Waals surface area (Å²) in [6.07, 6.45) is 0. The van der Waals surface area contributed by atoms with Gasteiger partial charge in [0.05, 0.1) is 17.1 Å². The van der Waals surface area contributed by atoms with E-state index in [1.54, 1.807) is 0 Å². The number of hydrogen-bond donors (Lipinski definition) is 1. The zero-order valence-electron chi connectivity index (χ0n) is 12.9. The molecule has 2 aliphatic heterocycles. The summed E-state index contributed by atoms with van der Waals surface area (Å²) in [6.45, 7) is 0. The molecule has 0 aliphatic carbocycles. The number of nitrogens with zero attached hydrogens (tertiary/aromatic N) is 4. The Morgan fingerprint density at radius 2 is 1.38 bits per heavy atom. The second kappa shape index (κ2) is 5.11. The third kappa shape index (κ3) is 1.89. The van der Waals surface area contributed by atoms with E-state index in [1.807, 2.05) is 71.0 Å². The van der Waals surface area contributed by atoms with E-state index in [2.05, 4.69) is 34.7 Å². The molecule has 3 aromatic carbocycles. The Morgan fingerprint density at radius 3 is 2.17 bits per heavy atom. The fourth-order valence-electron chi connectivity index (χ4n) is 3.02. The van der Waals surface area contributed by atoms with Crippen molar-refractivity contribution in [1.29, 1.82) is 0 Å². The van der Waals surface area contributed by atoms with E-state index in [4.69, 9.17) is 5.10 Å². The molecule has 0 fully saturated rings. The lowest BCUT2D eigenvalue weighted by molar-refractivity contribution is 0.359. The van der Waals surface area contributed by atoms with Crippen molar-refractivity contribution < 1.29 is 0 Å². The summed E-state index contributed by atoms with van der Waals surface area (Å²) < 4.78 is 0. The van der Waals surface area contributed by atoms with E-state index in [1.165, 1.54) is 0 Å². The van der Waals surface area contributed by atoms with Gasteiger partial charge in [-0.1, -0.05) is 60.7 Å². The Balaban J connectivity index is 1.67. The quantitative estimate of drug-likeness (QED) is 0.779. The summed E-state index contributed by atoms with van der Waals surface area (Å²) >= 11 is 0. The van der Waals surface area contributed by atoms with Gasteiger partial charge >= 0.3 is 0 Å². The number of benzene rings is 3. The van der Waals surface area contributed by atoms with Gasteiger partial charge in [-0.25, -0.2) is 5.01 Å². The topological polar surface area (TPSA) is 34.1 Å². The summed E-state index contributed by atoms with van der Waals surface area (Å²) in [5.41, 5.74) is 7.62. The number of rotatable bonds is 2. The number of hydrazone groups is 1. The number of fused-ring (bicyclic) bond motifs is 3. The van der Waals surface area contributed by atoms with Gasteiger partial charge in [0, 0.05) is 5.56 Å². The minimum atomic E-state index is 0.886. The van der Waals surface area contributed by atoms with Crippen LogP contribution in [0.2, 0.25) is 0 Å². The predicted molar refractivity (Wildman–Crippen MR) is 96.3 cm³/mol. The van der Waals surface area contributed by atoms with Crippen LogP contribution in [-0.4, -0.2) is 11.1 Å². The number of anilines is 3. The van der Waals surface area contributed by atoms with E-state index < -0.39 is 0 Å². The van der Waals surface area contributed by atoms with Gasteiger partial charge in [0.15, 0.2) is 5.84 Å². The van der Waals surface area contributed by atoms with Gasteiger partial charge in [-0.2, -0.15) is 5.12 Å². The first-order chi connectivity index (χ1) is 11.9. The predicted octanol–water partition coefficient (Wildman–Crippen LogP) is 3.85. The summed E-state index contributed by atoms with van der Waals surface area (Å²) in [5, 5.41) is 10.8. The van der Waals surface area contributed by atoms with Crippen molar-refractivity contribution in [3.05, 3.63) is 90.5 Å². The van der Waals surface area contributed by atoms with E-state index in [-0.39, 0.29) is 0 Å². The van der Waals surface area contributed by atoms with Gasteiger partial charge in [-0.05, 0) is 29.5 Å². The largest absolute Gasteiger partial charge is 0.278 e.